The molecule has 34 heavy (non-hydrogen) atoms. The van der Waals surface area contributed by atoms with Crippen LogP contribution >= 0.6 is 0 Å². The van der Waals surface area contributed by atoms with Crippen molar-refractivity contribution in [3.8, 4) is 17.1 Å². The first-order chi connectivity index (χ1) is 16.3. The van der Waals surface area contributed by atoms with Gasteiger partial charge < -0.3 is 26.0 Å². The molecule has 13 heteroatoms. The lowest BCUT2D eigenvalue weighted by molar-refractivity contribution is -0.274. The third-order valence-corrected chi connectivity index (χ3v) is 5.76. The van der Waals surface area contributed by atoms with Gasteiger partial charge in [0, 0.05) is 43.6 Å². The molecule has 2 aromatic heterocycles. The molecule has 1 amide bonds. The van der Waals surface area contributed by atoms with E-state index in [0.29, 0.717) is 29.8 Å². The summed E-state index contributed by atoms with van der Waals surface area (Å²) in [7, 11) is 0. The minimum atomic E-state index is -4.86. The zero-order valence-corrected chi connectivity index (χ0v) is 17.9. The Bertz CT molecular complexity index is 1240. The van der Waals surface area contributed by atoms with Gasteiger partial charge in [-0.2, -0.15) is 5.10 Å². The van der Waals surface area contributed by atoms with Crippen molar-refractivity contribution in [1.82, 2.24) is 25.5 Å². The summed E-state index contributed by atoms with van der Waals surface area (Å²) in [5, 5.41) is 12.9. The van der Waals surface area contributed by atoms with Crippen LogP contribution in [0.25, 0.3) is 11.4 Å². The molecule has 0 unspecified atom stereocenters. The molecule has 10 nitrogen and oxygen atoms in total. The molecule has 0 radical (unpaired) electrons. The number of alkyl halides is 3. The van der Waals surface area contributed by atoms with Crippen LogP contribution in [0.1, 0.15) is 21.6 Å². The second-order valence-electron chi connectivity index (χ2n) is 7.95. The number of hydrogen-bond donors (Lipinski definition) is 4. The molecular formula is C21H21F3N8O2. The van der Waals surface area contributed by atoms with Gasteiger partial charge in [0.15, 0.2) is 5.75 Å². The normalized spacial score (nSPS) is 15.4. The van der Waals surface area contributed by atoms with Crippen molar-refractivity contribution in [2.24, 2.45) is 5.73 Å². The zero-order chi connectivity index (χ0) is 23.9. The summed E-state index contributed by atoms with van der Waals surface area (Å²) in [6.45, 7) is 2.99. The van der Waals surface area contributed by atoms with Gasteiger partial charge in [-0.15, -0.1) is 13.2 Å². The molecule has 1 aromatic carbocycles. The number of hydrogen-bond acceptors (Lipinski definition) is 8. The Labute approximate surface area is 191 Å². The molecular weight excluding hydrogens is 453 g/mol. The number of aryl methyl sites for hydroxylation is 1. The number of piperazine rings is 1. The van der Waals surface area contributed by atoms with Gasteiger partial charge in [-0.3, -0.25) is 9.89 Å². The van der Waals surface area contributed by atoms with Crippen molar-refractivity contribution in [2.75, 3.05) is 36.4 Å². The molecule has 3 aromatic rings. The van der Waals surface area contributed by atoms with E-state index in [4.69, 9.17) is 5.73 Å². The number of carbonyl (C=O) groups is 1. The number of nitrogens with two attached hydrogens (primary N) is 1. The van der Waals surface area contributed by atoms with E-state index in [0.717, 1.165) is 37.4 Å². The minimum absolute atomic E-state index is 0.0692. The Kier molecular flexibility index (Phi) is 5.48. The molecule has 1 aliphatic heterocycles. The Hall–Kier alpha value is -3.87. The Morgan fingerprint density at radius 1 is 1.18 bits per heavy atom. The van der Waals surface area contributed by atoms with Crippen LogP contribution < -0.4 is 26.0 Å². The molecule has 1 fully saturated rings. The monoisotopic (exact) mass is 474 g/mol. The fraction of sp³-hybridized carbons (Fsp3) is 0.333. The molecule has 3 heterocycles. The molecule has 0 saturated carbocycles. The number of nitrogens with zero attached hydrogens (tertiary/aromatic N) is 4. The molecule has 178 valence electrons. The number of aromatic nitrogens is 4. The van der Waals surface area contributed by atoms with Gasteiger partial charge in [0.05, 0.1) is 11.4 Å². The molecule has 1 saturated heterocycles. The fourth-order valence-corrected chi connectivity index (χ4v) is 4.19. The third kappa shape index (κ3) is 4.33. The van der Waals surface area contributed by atoms with Gasteiger partial charge >= 0.3 is 6.36 Å². The van der Waals surface area contributed by atoms with Gasteiger partial charge in [0.2, 0.25) is 5.95 Å². The first kappa shape index (κ1) is 21.9. The summed E-state index contributed by atoms with van der Waals surface area (Å²) in [6.07, 6.45) is -2.15. The smallest absolute Gasteiger partial charge is 0.404 e. The summed E-state index contributed by atoms with van der Waals surface area (Å²) >= 11 is 0. The maximum Gasteiger partial charge on any atom is 0.573 e. The summed E-state index contributed by atoms with van der Waals surface area (Å²) in [5.41, 5.74) is 8.87. The number of fused-ring (bicyclic) bond motifs is 3. The van der Waals surface area contributed by atoms with E-state index < -0.39 is 18.0 Å². The van der Waals surface area contributed by atoms with Gasteiger partial charge in [0.25, 0.3) is 5.91 Å². The standard InChI is InChI=1S/C21H21F3N8O2/c22-21(23,24)34-15-4-2-12(32-7-5-26-6-8-32)9-14(15)28-20-27-10-11-1-3-13-17(16(11)29-20)30-31-18(13)19(25)33/h2,4,9-10,26H,1,3,5-8H2,(H2,25,33)(H,30,31)(H,27,28,29). The number of benzene rings is 1. The van der Waals surface area contributed by atoms with E-state index in [2.05, 4.69) is 40.4 Å². The average Bonchev–Trinajstić information content (AvgIpc) is 3.25. The molecule has 1 aliphatic carbocycles. The Balaban J connectivity index is 1.50. The number of rotatable bonds is 5. The maximum absolute atomic E-state index is 13.0. The van der Waals surface area contributed by atoms with E-state index in [-0.39, 0.29) is 17.3 Å². The van der Waals surface area contributed by atoms with Crippen molar-refractivity contribution < 1.29 is 22.7 Å². The fourth-order valence-electron chi connectivity index (χ4n) is 4.19. The second-order valence-corrected chi connectivity index (χ2v) is 7.95. The number of amides is 1. The molecule has 2 aliphatic rings. The molecule has 0 bridgehead atoms. The predicted octanol–water partition coefficient (Wildman–Crippen LogP) is 2.12. The van der Waals surface area contributed by atoms with Crippen molar-refractivity contribution in [2.45, 2.75) is 19.2 Å². The SMILES string of the molecule is NC(=O)c1[nH]nc2c1CCc1cnc(Nc3cc(N4CCNCC4)ccc3OC(F)(F)F)nc1-2. The zero-order valence-electron chi connectivity index (χ0n) is 17.9. The maximum atomic E-state index is 13.0. The number of aromatic amines is 1. The van der Waals surface area contributed by atoms with Crippen LogP contribution in [0.4, 0.5) is 30.5 Å². The van der Waals surface area contributed by atoms with Crippen LogP contribution in [0.5, 0.6) is 5.75 Å². The van der Waals surface area contributed by atoms with Crippen LogP contribution in [-0.4, -0.2) is 58.6 Å². The molecule has 5 N–H and O–H groups in total. The number of halogens is 3. The number of ether oxygens (including phenoxy) is 1. The molecule has 0 atom stereocenters. The summed E-state index contributed by atoms with van der Waals surface area (Å²) in [5.74, 6) is -0.952. The van der Waals surface area contributed by atoms with E-state index in [9.17, 15) is 18.0 Å². The first-order valence-electron chi connectivity index (χ1n) is 10.6. The summed E-state index contributed by atoms with van der Waals surface area (Å²) in [4.78, 5) is 22.5. The number of anilines is 3. The lowest BCUT2D eigenvalue weighted by atomic mass is 9.93. The van der Waals surface area contributed by atoms with Crippen LogP contribution in [0.15, 0.2) is 24.4 Å². The quantitative estimate of drug-likeness (QED) is 0.442. The van der Waals surface area contributed by atoms with Gasteiger partial charge in [0.1, 0.15) is 11.4 Å². The number of primary amides is 1. The average molecular weight is 474 g/mol. The van der Waals surface area contributed by atoms with Gasteiger partial charge in [-0.25, -0.2) is 9.97 Å². The number of carbonyl (C=O) groups excluding carboxylic acids is 1. The van der Waals surface area contributed by atoms with Crippen molar-refractivity contribution >= 4 is 23.2 Å². The number of H-pyrrole nitrogens is 1. The Morgan fingerprint density at radius 3 is 2.71 bits per heavy atom. The van der Waals surface area contributed by atoms with E-state index >= 15 is 0 Å². The summed E-state index contributed by atoms with van der Waals surface area (Å²) in [6, 6.07) is 4.45. The largest absolute Gasteiger partial charge is 0.573 e. The highest BCUT2D eigenvalue weighted by Gasteiger charge is 2.33. The van der Waals surface area contributed by atoms with Crippen molar-refractivity contribution in [1.29, 1.82) is 0 Å². The minimum Gasteiger partial charge on any atom is -0.404 e. The Morgan fingerprint density at radius 2 is 1.97 bits per heavy atom. The highest BCUT2D eigenvalue weighted by molar-refractivity contribution is 5.94. The van der Waals surface area contributed by atoms with Crippen LogP contribution in [-0.2, 0) is 12.8 Å². The first-order valence-corrected chi connectivity index (χ1v) is 10.6. The van der Waals surface area contributed by atoms with Crippen molar-refractivity contribution in [3.05, 3.63) is 41.2 Å². The third-order valence-electron chi connectivity index (χ3n) is 5.76. The topological polar surface area (TPSA) is 134 Å². The van der Waals surface area contributed by atoms with E-state index in [1.165, 1.54) is 6.07 Å². The van der Waals surface area contributed by atoms with Crippen LogP contribution in [0.3, 0.4) is 0 Å². The van der Waals surface area contributed by atoms with Crippen LogP contribution in [0.2, 0.25) is 0 Å². The predicted molar refractivity (Wildman–Crippen MR) is 117 cm³/mol. The van der Waals surface area contributed by atoms with Crippen LogP contribution in [0, 0.1) is 0 Å². The highest BCUT2D eigenvalue weighted by Crippen LogP contribution is 2.37. The highest BCUT2D eigenvalue weighted by atomic mass is 19.4. The number of nitrogens with one attached hydrogen (secondary N) is 3. The van der Waals surface area contributed by atoms with E-state index in [1.54, 1.807) is 18.3 Å². The lowest BCUT2D eigenvalue weighted by Gasteiger charge is -2.30. The summed E-state index contributed by atoms with van der Waals surface area (Å²) < 4.78 is 43.3. The van der Waals surface area contributed by atoms with Gasteiger partial charge in [-0.05, 0) is 36.6 Å². The van der Waals surface area contributed by atoms with E-state index in [1.807, 2.05) is 0 Å². The molecule has 0 spiro atoms. The lowest BCUT2D eigenvalue weighted by Crippen LogP contribution is -2.43. The van der Waals surface area contributed by atoms with Gasteiger partial charge in [-0.1, -0.05) is 0 Å². The van der Waals surface area contributed by atoms with Crippen molar-refractivity contribution in [3.63, 3.8) is 0 Å². The molecule has 5 rings (SSSR count). The second kappa shape index (κ2) is 8.48.